The number of aromatic nitrogens is 1. The molecule has 4 nitrogen and oxygen atoms in total. The van der Waals surface area contributed by atoms with Crippen molar-refractivity contribution in [3.05, 3.63) is 96.1 Å². The molecule has 0 saturated carbocycles. The van der Waals surface area contributed by atoms with Gasteiger partial charge in [-0.1, -0.05) is 48.5 Å². The van der Waals surface area contributed by atoms with Crippen LogP contribution in [0, 0.1) is 5.82 Å². The van der Waals surface area contributed by atoms with Crippen molar-refractivity contribution in [2.45, 2.75) is 12.3 Å². The fourth-order valence-corrected chi connectivity index (χ4v) is 3.88. The molecule has 0 N–H and O–H groups in total. The van der Waals surface area contributed by atoms with E-state index in [9.17, 15) is 9.18 Å². The number of anilines is 1. The molecule has 0 spiro atoms. The van der Waals surface area contributed by atoms with E-state index >= 15 is 0 Å². The second kappa shape index (κ2) is 8.86. The summed E-state index contributed by atoms with van der Waals surface area (Å²) in [4.78, 5) is 21.5. The van der Waals surface area contributed by atoms with Crippen LogP contribution >= 0.6 is 0 Å². The number of piperazine rings is 1. The van der Waals surface area contributed by atoms with Crippen molar-refractivity contribution in [2.24, 2.45) is 0 Å². The fourth-order valence-electron chi connectivity index (χ4n) is 3.88. The molecule has 0 aliphatic carbocycles. The number of hydrogen-bond donors (Lipinski definition) is 0. The molecule has 4 rings (SSSR count). The zero-order valence-electron chi connectivity index (χ0n) is 16.2. The average molecular weight is 389 g/mol. The molecule has 3 aromatic rings. The maximum absolute atomic E-state index is 14.1. The van der Waals surface area contributed by atoms with Crippen molar-refractivity contribution in [3.8, 4) is 0 Å². The third-order valence-electron chi connectivity index (χ3n) is 5.45. The van der Waals surface area contributed by atoms with Crippen molar-refractivity contribution >= 4 is 11.6 Å². The third kappa shape index (κ3) is 4.45. The summed E-state index contributed by atoms with van der Waals surface area (Å²) < 4.78 is 14.1. The number of carbonyl (C=O) groups excluding carboxylic acids is 1. The predicted molar refractivity (Wildman–Crippen MR) is 112 cm³/mol. The first kappa shape index (κ1) is 19.1. The van der Waals surface area contributed by atoms with E-state index in [2.05, 4.69) is 4.98 Å². The zero-order chi connectivity index (χ0) is 20.1. The monoisotopic (exact) mass is 389 g/mol. The summed E-state index contributed by atoms with van der Waals surface area (Å²) >= 11 is 0. The number of benzene rings is 2. The minimum Gasteiger partial charge on any atom is -0.366 e. The molecule has 148 valence electrons. The van der Waals surface area contributed by atoms with Crippen molar-refractivity contribution in [3.63, 3.8) is 0 Å². The lowest BCUT2D eigenvalue weighted by molar-refractivity contribution is -0.133. The summed E-state index contributed by atoms with van der Waals surface area (Å²) in [5, 5.41) is 0. The Morgan fingerprint density at radius 2 is 1.66 bits per heavy atom. The smallest absolute Gasteiger partial charge is 0.230 e. The Morgan fingerprint density at radius 3 is 2.34 bits per heavy atom. The average Bonchev–Trinajstić information content (AvgIpc) is 2.79. The minimum absolute atomic E-state index is 0.119. The van der Waals surface area contributed by atoms with Gasteiger partial charge in [-0.15, -0.1) is 0 Å². The molecular weight excluding hydrogens is 365 g/mol. The van der Waals surface area contributed by atoms with Crippen LogP contribution in [-0.2, 0) is 11.2 Å². The topological polar surface area (TPSA) is 36.4 Å². The normalized spacial score (nSPS) is 15.2. The van der Waals surface area contributed by atoms with Gasteiger partial charge >= 0.3 is 0 Å². The Morgan fingerprint density at radius 1 is 0.931 bits per heavy atom. The van der Waals surface area contributed by atoms with Gasteiger partial charge in [0.05, 0.1) is 11.6 Å². The summed E-state index contributed by atoms with van der Waals surface area (Å²) in [7, 11) is 0. The Bertz CT molecular complexity index is 941. The van der Waals surface area contributed by atoms with Gasteiger partial charge in [-0.05, 0) is 35.7 Å². The van der Waals surface area contributed by atoms with Crippen molar-refractivity contribution in [2.75, 3.05) is 31.1 Å². The number of pyridine rings is 1. The molecular formula is C24H24FN3O. The molecule has 1 aromatic heterocycles. The molecule has 1 aliphatic heterocycles. The van der Waals surface area contributed by atoms with E-state index in [-0.39, 0.29) is 17.6 Å². The molecule has 1 atom stereocenters. The van der Waals surface area contributed by atoms with Crippen LogP contribution in [0.15, 0.2) is 79.1 Å². The molecule has 1 saturated heterocycles. The van der Waals surface area contributed by atoms with E-state index in [4.69, 9.17) is 0 Å². The first-order valence-corrected chi connectivity index (χ1v) is 9.94. The van der Waals surface area contributed by atoms with Gasteiger partial charge in [0.15, 0.2) is 0 Å². The van der Waals surface area contributed by atoms with Gasteiger partial charge in [-0.3, -0.25) is 9.78 Å². The lowest BCUT2D eigenvalue weighted by Gasteiger charge is -2.37. The van der Waals surface area contributed by atoms with Crippen molar-refractivity contribution < 1.29 is 9.18 Å². The van der Waals surface area contributed by atoms with Crippen LogP contribution in [0.4, 0.5) is 10.1 Å². The van der Waals surface area contributed by atoms with Crippen LogP contribution in [0.3, 0.4) is 0 Å². The van der Waals surface area contributed by atoms with Gasteiger partial charge in [-0.25, -0.2) is 4.39 Å². The van der Waals surface area contributed by atoms with Crippen LogP contribution in [0.5, 0.6) is 0 Å². The van der Waals surface area contributed by atoms with Gasteiger partial charge in [-0.2, -0.15) is 0 Å². The number of halogens is 1. The number of para-hydroxylation sites is 1. The predicted octanol–water partition coefficient (Wildman–Crippen LogP) is 3.90. The van der Waals surface area contributed by atoms with Crippen molar-refractivity contribution in [1.29, 1.82) is 0 Å². The van der Waals surface area contributed by atoms with Crippen LogP contribution in [0.25, 0.3) is 0 Å². The van der Waals surface area contributed by atoms with E-state index in [1.54, 1.807) is 18.3 Å². The number of carbonyl (C=O) groups is 1. The number of hydrogen-bond acceptors (Lipinski definition) is 3. The van der Waals surface area contributed by atoms with Crippen LogP contribution in [0.1, 0.15) is 17.0 Å². The molecule has 0 bridgehead atoms. The maximum Gasteiger partial charge on any atom is 0.230 e. The second-order valence-corrected chi connectivity index (χ2v) is 7.29. The third-order valence-corrected chi connectivity index (χ3v) is 5.45. The summed E-state index contributed by atoms with van der Waals surface area (Å²) in [6.45, 7) is 2.43. The number of amides is 1. The Labute approximate surface area is 170 Å². The van der Waals surface area contributed by atoms with E-state index < -0.39 is 0 Å². The Balaban J connectivity index is 1.49. The van der Waals surface area contributed by atoms with E-state index in [1.807, 2.05) is 64.5 Å². The molecule has 2 heterocycles. The lowest BCUT2D eigenvalue weighted by atomic mass is 9.91. The minimum atomic E-state index is -0.250. The second-order valence-electron chi connectivity index (χ2n) is 7.29. The first-order chi connectivity index (χ1) is 14.2. The standard InChI is InChI=1S/C24H24FN3O/c25-22-10-4-5-11-23(22)27-13-15-28(16-14-27)24(29)21(20-8-2-1-3-9-20)17-19-7-6-12-26-18-19/h1-12,18,21H,13-17H2. The van der Waals surface area contributed by atoms with E-state index in [1.165, 1.54) is 6.07 Å². The molecule has 1 unspecified atom stereocenters. The zero-order valence-corrected chi connectivity index (χ0v) is 16.2. The largest absolute Gasteiger partial charge is 0.366 e. The van der Waals surface area contributed by atoms with Gasteiger partial charge in [0.25, 0.3) is 0 Å². The quantitative estimate of drug-likeness (QED) is 0.664. The number of nitrogens with zero attached hydrogens (tertiary/aromatic N) is 3. The molecule has 29 heavy (non-hydrogen) atoms. The van der Waals surface area contributed by atoms with Crippen LogP contribution in [0.2, 0.25) is 0 Å². The first-order valence-electron chi connectivity index (χ1n) is 9.94. The van der Waals surface area contributed by atoms with Gasteiger partial charge in [0, 0.05) is 38.6 Å². The summed E-state index contributed by atoms with van der Waals surface area (Å²) in [6.07, 6.45) is 4.17. The summed E-state index contributed by atoms with van der Waals surface area (Å²) in [6, 6.07) is 20.6. The summed E-state index contributed by atoms with van der Waals surface area (Å²) in [5.41, 5.74) is 2.66. The van der Waals surface area contributed by atoms with E-state index in [0.717, 1.165) is 11.1 Å². The molecule has 5 heteroatoms. The highest BCUT2D eigenvalue weighted by molar-refractivity contribution is 5.84. The van der Waals surface area contributed by atoms with Crippen LogP contribution < -0.4 is 4.90 Å². The van der Waals surface area contributed by atoms with Crippen LogP contribution in [-0.4, -0.2) is 42.0 Å². The van der Waals surface area contributed by atoms with Crippen molar-refractivity contribution in [1.82, 2.24) is 9.88 Å². The highest BCUT2D eigenvalue weighted by Gasteiger charge is 2.29. The Hall–Kier alpha value is -3.21. The fraction of sp³-hybridized carbons (Fsp3) is 0.250. The molecule has 2 aromatic carbocycles. The molecule has 0 radical (unpaired) electrons. The van der Waals surface area contributed by atoms with E-state index in [0.29, 0.717) is 38.3 Å². The Kier molecular flexibility index (Phi) is 5.84. The molecule has 1 amide bonds. The van der Waals surface area contributed by atoms with Gasteiger partial charge < -0.3 is 9.80 Å². The maximum atomic E-state index is 14.1. The SMILES string of the molecule is O=C(C(Cc1cccnc1)c1ccccc1)N1CCN(c2ccccc2F)CC1. The molecule has 1 fully saturated rings. The lowest BCUT2D eigenvalue weighted by Crippen LogP contribution is -2.50. The van der Waals surface area contributed by atoms with Gasteiger partial charge in [0.1, 0.15) is 5.82 Å². The highest BCUT2D eigenvalue weighted by atomic mass is 19.1. The summed E-state index contributed by atoms with van der Waals surface area (Å²) in [5.74, 6) is -0.348. The highest BCUT2D eigenvalue weighted by Crippen LogP contribution is 2.25. The van der Waals surface area contributed by atoms with Gasteiger partial charge in [0.2, 0.25) is 5.91 Å². The number of rotatable bonds is 5. The molecule has 1 aliphatic rings.